The summed E-state index contributed by atoms with van der Waals surface area (Å²) in [6.45, 7) is 7.91. The van der Waals surface area contributed by atoms with E-state index in [4.69, 9.17) is 10.5 Å². The number of nitrogens with two attached hydrogens (primary N) is 1. The van der Waals surface area contributed by atoms with Crippen LogP contribution in [0.4, 0.5) is 0 Å². The normalized spacial score (nSPS) is 14.6. The number of nitrogens with one attached hydrogen (secondary N) is 1. The first-order chi connectivity index (χ1) is 8.42. The lowest BCUT2D eigenvalue weighted by Crippen LogP contribution is -2.52. The molecule has 102 valence electrons. The summed E-state index contributed by atoms with van der Waals surface area (Å²) in [6.07, 6.45) is 0. The Hall–Kier alpha value is -0.580. The minimum atomic E-state index is -0.0531. The van der Waals surface area contributed by atoms with Crippen molar-refractivity contribution in [1.82, 2.24) is 5.32 Å². The molecule has 1 atom stereocenters. The van der Waals surface area contributed by atoms with E-state index in [0.29, 0.717) is 12.5 Å². The molecular weight excluding hydrogens is 292 g/mol. The summed E-state index contributed by atoms with van der Waals surface area (Å²) >= 11 is 3.56. The van der Waals surface area contributed by atoms with Crippen molar-refractivity contribution < 1.29 is 4.74 Å². The van der Waals surface area contributed by atoms with E-state index in [1.807, 2.05) is 18.2 Å². The van der Waals surface area contributed by atoms with E-state index in [9.17, 15) is 0 Å². The van der Waals surface area contributed by atoms with Crippen LogP contribution in [0.5, 0.6) is 5.75 Å². The lowest BCUT2D eigenvalue weighted by atomic mass is 9.88. The van der Waals surface area contributed by atoms with Crippen molar-refractivity contribution in [3.05, 3.63) is 28.2 Å². The van der Waals surface area contributed by atoms with Crippen molar-refractivity contribution in [1.29, 1.82) is 0 Å². The maximum atomic E-state index is 5.87. The zero-order chi connectivity index (χ0) is 13.8. The highest BCUT2D eigenvalue weighted by molar-refractivity contribution is 9.10. The molecule has 0 aliphatic carbocycles. The van der Waals surface area contributed by atoms with Crippen LogP contribution in [0.3, 0.4) is 0 Å². The van der Waals surface area contributed by atoms with E-state index in [2.05, 4.69) is 42.0 Å². The fourth-order valence-electron chi connectivity index (χ4n) is 1.62. The van der Waals surface area contributed by atoms with Crippen LogP contribution in [0, 0.1) is 5.92 Å². The molecule has 1 rings (SSSR count). The highest BCUT2D eigenvalue weighted by Gasteiger charge is 2.25. The van der Waals surface area contributed by atoms with Crippen LogP contribution in [-0.2, 0) is 6.54 Å². The van der Waals surface area contributed by atoms with Gasteiger partial charge in [0.2, 0.25) is 0 Å². The van der Waals surface area contributed by atoms with Gasteiger partial charge in [0.15, 0.2) is 0 Å². The average molecular weight is 315 g/mol. The number of rotatable bonds is 6. The molecule has 0 amide bonds. The number of hydrogen-bond donors (Lipinski definition) is 2. The minimum absolute atomic E-state index is 0.0531. The molecule has 1 aromatic carbocycles. The van der Waals surface area contributed by atoms with Gasteiger partial charge in [0.25, 0.3) is 0 Å². The van der Waals surface area contributed by atoms with Crippen LogP contribution in [0.25, 0.3) is 0 Å². The molecule has 0 saturated heterocycles. The van der Waals surface area contributed by atoms with Crippen molar-refractivity contribution in [3.8, 4) is 5.75 Å². The molecule has 0 saturated carbocycles. The number of benzene rings is 1. The Morgan fingerprint density at radius 1 is 1.44 bits per heavy atom. The van der Waals surface area contributed by atoms with Gasteiger partial charge < -0.3 is 15.8 Å². The van der Waals surface area contributed by atoms with Crippen LogP contribution < -0.4 is 15.8 Å². The van der Waals surface area contributed by atoms with Gasteiger partial charge >= 0.3 is 0 Å². The summed E-state index contributed by atoms with van der Waals surface area (Å²) in [5.41, 5.74) is 6.99. The standard InChI is InChI=1S/C14H23BrN2O/c1-10(2)14(3,9-16)17-8-11-7-12(18-4)5-6-13(11)15/h5-7,10,17H,8-9,16H2,1-4H3. The molecule has 0 radical (unpaired) electrons. The topological polar surface area (TPSA) is 47.3 Å². The fourth-order valence-corrected chi connectivity index (χ4v) is 2.01. The summed E-state index contributed by atoms with van der Waals surface area (Å²) in [5, 5.41) is 3.54. The van der Waals surface area contributed by atoms with Crippen LogP contribution in [-0.4, -0.2) is 19.2 Å². The predicted octanol–water partition coefficient (Wildman–Crippen LogP) is 2.92. The largest absolute Gasteiger partial charge is 0.497 e. The van der Waals surface area contributed by atoms with Gasteiger partial charge in [0.05, 0.1) is 7.11 Å². The van der Waals surface area contributed by atoms with E-state index < -0.39 is 0 Å². The average Bonchev–Trinajstić information content (AvgIpc) is 2.37. The number of hydrogen-bond acceptors (Lipinski definition) is 3. The molecule has 0 fully saturated rings. The Morgan fingerprint density at radius 2 is 2.11 bits per heavy atom. The number of methoxy groups -OCH3 is 1. The Bertz CT molecular complexity index is 395. The molecule has 0 bridgehead atoms. The Labute approximate surface area is 118 Å². The third-order valence-electron chi connectivity index (χ3n) is 3.63. The van der Waals surface area contributed by atoms with Gasteiger partial charge in [-0.2, -0.15) is 0 Å². The maximum Gasteiger partial charge on any atom is 0.119 e. The lowest BCUT2D eigenvalue weighted by molar-refractivity contribution is 0.267. The monoisotopic (exact) mass is 314 g/mol. The fraction of sp³-hybridized carbons (Fsp3) is 0.571. The molecule has 0 aliphatic rings. The van der Waals surface area contributed by atoms with Crippen LogP contribution in [0.2, 0.25) is 0 Å². The zero-order valence-electron chi connectivity index (χ0n) is 11.6. The molecule has 0 aliphatic heterocycles. The van der Waals surface area contributed by atoms with Crippen molar-refractivity contribution in [3.63, 3.8) is 0 Å². The highest BCUT2D eigenvalue weighted by atomic mass is 79.9. The van der Waals surface area contributed by atoms with E-state index >= 15 is 0 Å². The molecule has 0 aromatic heterocycles. The molecule has 3 N–H and O–H groups in total. The molecule has 3 nitrogen and oxygen atoms in total. The lowest BCUT2D eigenvalue weighted by Gasteiger charge is -2.34. The first-order valence-corrected chi connectivity index (χ1v) is 6.99. The van der Waals surface area contributed by atoms with Crippen LogP contribution in [0.1, 0.15) is 26.3 Å². The highest BCUT2D eigenvalue weighted by Crippen LogP contribution is 2.24. The van der Waals surface area contributed by atoms with Crippen molar-refractivity contribution >= 4 is 15.9 Å². The molecule has 1 unspecified atom stereocenters. The molecular formula is C14H23BrN2O. The van der Waals surface area contributed by atoms with Crippen molar-refractivity contribution in [2.24, 2.45) is 11.7 Å². The Balaban J connectivity index is 2.79. The summed E-state index contributed by atoms with van der Waals surface area (Å²) in [6, 6.07) is 5.98. The zero-order valence-corrected chi connectivity index (χ0v) is 13.2. The van der Waals surface area contributed by atoms with Gasteiger partial charge in [0, 0.05) is 23.1 Å². The smallest absolute Gasteiger partial charge is 0.119 e. The van der Waals surface area contributed by atoms with Gasteiger partial charge in [-0.25, -0.2) is 0 Å². The minimum Gasteiger partial charge on any atom is -0.497 e. The summed E-state index contributed by atoms with van der Waals surface area (Å²) < 4.78 is 6.32. The Morgan fingerprint density at radius 3 is 2.61 bits per heavy atom. The predicted molar refractivity (Wildman–Crippen MR) is 79.8 cm³/mol. The molecule has 1 aromatic rings. The van der Waals surface area contributed by atoms with Crippen molar-refractivity contribution in [2.45, 2.75) is 32.9 Å². The first kappa shape index (κ1) is 15.5. The molecule has 4 heteroatoms. The maximum absolute atomic E-state index is 5.87. The first-order valence-electron chi connectivity index (χ1n) is 6.20. The number of halogens is 1. The van der Waals surface area contributed by atoms with Gasteiger partial charge in [-0.15, -0.1) is 0 Å². The SMILES string of the molecule is COc1ccc(Br)c(CNC(C)(CN)C(C)C)c1. The van der Waals surface area contributed by atoms with Gasteiger partial charge in [-0.05, 0) is 36.6 Å². The van der Waals surface area contributed by atoms with E-state index in [-0.39, 0.29) is 5.54 Å². The second-order valence-corrected chi connectivity index (χ2v) is 5.94. The van der Waals surface area contributed by atoms with Gasteiger partial charge in [0.1, 0.15) is 5.75 Å². The van der Waals surface area contributed by atoms with E-state index in [1.165, 1.54) is 5.56 Å². The third-order valence-corrected chi connectivity index (χ3v) is 4.41. The molecule has 18 heavy (non-hydrogen) atoms. The summed E-state index contributed by atoms with van der Waals surface area (Å²) in [4.78, 5) is 0. The molecule has 0 spiro atoms. The Kier molecular flexibility index (Phi) is 5.63. The second kappa shape index (κ2) is 6.55. The summed E-state index contributed by atoms with van der Waals surface area (Å²) in [7, 11) is 1.68. The van der Waals surface area contributed by atoms with Gasteiger partial charge in [-0.3, -0.25) is 0 Å². The van der Waals surface area contributed by atoms with E-state index in [0.717, 1.165) is 16.8 Å². The summed E-state index contributed by atoms with van der Waals surface area (Å²) in [5.74, 6) is 1.35. The molecule has 0 heterocycles. The van der Waals surface area contributed by atoms with Crippen LogP contribution in [0.15, 0.2) is 22.7 Å². The van der Waals surface area contributed by atoms with Gasteiger partial charge in [-0.1, -0.05) is 29.8 Å². The number of ether oxygens (including phenoxy) is 1. The van der Waals surface area contributed by atoms with Crippen LogP contribution >= 0.6 is 15.9 Å². The third kappa shape index (κ3) is 3.70. The van der Waals surface area contributed by atoms with E-state index in [1.54, 1.807) is 7.11 Å². The quantitative estimate of drug-likeness (QED) is 0.848. The van der Waals surface area contributed by atoms with Crippen molar-refractivity contribution in [2.75, 3.05) is 13.7 Å². The second-order valence-electron chi connectivity index (χ2n) is 5.09.